The zero-order chi connectivity index (χ0) is 13.3. The Morgan fingerprint density at radius 3 is 2.44 bits per heavy atom. The lowest BCUT2D eigenvalue weighted by molar-refractivity contribution is 0.547. The van der Waals surface area contributed by atoms with E-state index in [4.69, 9.17) is 0 Å². The van der Waals surface area contributed by atoms with Crippen LogP contribution in [0.3, 0.4) is 0 Å². The van der Waals surface area contributed by atoms with Crippen molar-refractivity contribution in [3.8, 4) is 0 Å². The predicted octanol–water partition coefficient (Wildman–Crippen LogP) is 4.41. The number of halogens is 3. The van der Waals surface area contributed by atoms with Crippen LogP contribution in [0.2, 0.25) is 0 Å². The summed E-state index contributed by atoms with van der Waals surface area (Å²) >= 11 is 4.97. The molecule has 1 heterocycles. The van der Waals surface area contributed by atoms with Gasteiger partial charge in [0.25, 0.3) is 0 Å². The van der Waals surface area contributed by atoms with E-state index in [2.05, 4.69) is 21.2 Å². The van der Waals surface area contributed by atoms with Crippen molar-refractivity contribution < 1.29 is 8.78 Å². The molecule has 0 aliphatic carbocycles. The van der Waals surface area contributed by atoms with Gasteiger partial charge in [-0.05, 0) is 52.5 Å². The molecule has 1 atom stereocenters. The van der Waals surface area contributed by atoms with Crippen LogP contribution < -0.4 is 5.32 Å². The van der Waals surface area contributed by atoms with E-state index < -0.39 is 11.6 Å². The number of hydrogen-bond acceptors (Lipinski definition) is 2. The first-order valence-electron chi connectivity index (χ1n) is 5.39. The topological polar surface area (TPSA) is 12.0 Å². The highest BCUT2D eigenvalue weighted by Gasteiger charge is 2.20. The minimum Gasteiger partial charge on any atom is -0.309 e. The fourth-order valence-electron chi connectivity index (χ4n) is 1.88. The highest BCUT2D eigenvalue weighted by Crippen LogP contribution is 2.33. The maximum absolute atomic E-state index is 13.9. The fraction of sp³-hybridized carbons (Fsp3) is 0.231. The molecule has 0 aliphatic heterocycles. The molecule has 1 N–H and O–H groups in total. The van der Waals surface area contributed by atoms with Crippen molar-refractivity contribution in [2.75, 3.05) is 7.05 Å². The second-order valence-corrected chi connectivity index (χ2v) is 5.62. The molecule has 0 amide bonds. The first-order valence-corrected chi connectivity index (χ1v) is 7.12. The molecule has 0 spiro atoms. The van der Waals surface area contributed by atoms with Crippen LogP contribution >= 0.6 is 27.3 Å². The van der Waals surface area contributed by atoms with Crippen LogP contribution in [0.1, 0.15) is 22.7 Å². The van der Waals surface area contributed by atoms with Gasteiger partial charge >= 0.3 is 0 Å². The van der Waals surface area contributed by atoms with Gasteiger partial charge in [0.05, 0.1) is 6.04 Å². The van der Waals surface area contributed by atoms with Gasteiger partial charge in [0, 0.05) is 21.5 Å². The highest BCUT2D eigenvalue weighted by molar-refractivity contribution is 9.10. The van der Waals surface area contributed by atoms with E-state index in [9.17, 15) is 8.78 Å². The third-order valence-corrected chi connectivity index (χ3v) is 4.58. The van der Waals surface area contributed by atoms with Gasteiger partial charge in [-0.3, -0.25) is 0 Å². The number of nitrogens with one attached hydrogen (secondary N) is 1. The molecular weight excluding hydrogens is 320 g/mol. The molecule has 1 unspecified atom stereocenters. The van der Waals surface area contributed by atoms with Crippen LogP contribution in [0, 0.1) is 18.6 Å². The van der Waals surface area contributed by atoms with Gasteiger partial charge in [0.1, 0.15) is 11.6 Å². The Morgan fingerprint density at radius 1 is 1.17 bits per heavy atom. The summed E-state index contributed by atoms with van der Waals surface area (Å²) in [6, 6.07) is 2.20. The van der Waals surface area contributed by atoms with Gasteiger partial charge in [-0.2, -0.15) is 11.3 Å². The van der Waals surface area contributed by atoms with Crippen molar-refractivity contribution in [3.05, 3.63) is 55.7 Å². The van der Waals surface area contributed by atoms with Crippen molar-refractivity contribution in [1.82, 2.24) is 5.32 Å². The van der Waals surface area contributed by atoms with Gasteiger partial charge in [0.2, 0.25) is 0 Å². The molecule has 0 bridgehead atoms. The number of hydrogen-bond donors (Lipinski definition) is 1. The fourth-order valence-corrected chi connectivity index (χ4v) is 3.43. The van der Waals surface area contributed by atoms with Crippen LogP contribution in [0.5, 0.6) is 0 Å². The molecule has 2 aromatic rings. The lowest BCUT2D eigenvalue weighted by atomic mass is 9.99. The van der Waals surface area contributed by atoms with Gasteiger partial charge in [-0.15, -0.1) is 0 Å². The number of benzene rings is 1. The minimum absolute atomic E-state index is 0.287. The van der Waals surface area contributed by atoms with Crippen molar-refractivity contribution in [1.29, 1.82) is 0 Å². The molecule has 1 aromatic heterocycles. The molecule has 1 aromatic carbocycles. The van der Waals surface area contributed by atoms with Crippen molar-refractivity contribution in [3.63, 3.8) is 0 Å². The molecule has 0 saturated carbocycles. The number of thiophene rings is 1. The monoisotopic (exact) mass is 331 g/mol. The lowest BCUT2D eigenvalue weighted by Crippen LogP contribution is -2.19. The average molecular weight is 332 g/mol. The Kier molecular flexibility index (Phi) is 4.14. The second-order valence-electron chi connectivity index (χ2n) is 4.02. The van der Waals surface area contributed by atoms with Crippen molar-refractivity contribution in [2.24, 2.45) is 0 Å². The zero-order valence-electron chi connectivity index (χ0n) is 9.93. The zero-order valence-corrected chi connectivity index (χ0v) is 12.3. The Bertz CT molecular complexity index is 568. The van der Waals surface area contributed by atoms with Crippen molar-refractivity contribution >= 4 is 27.3 Å². The second kappa shape index (κ2) is 5.47. The largest absolute Gasteiger partial charge is 0.309 e. The van der Waals surface area contributed by atoms with Gasteiger partial charge in [-0.25, -0.2) is 8.78 Å². The highest BCUT2D eigenvalue weighted by atomic mass is 79.9. The van der Waals surface area contributed by atoms with Crippen LogP contribution in [0.15, 0.2) is 27.4 Å². The van der Waals surface area contributed by atoms with Gasteiger partial charge in [-0.1, -0.05) is 0 Å². The van der Waals surface area contributed by atoms with Crippen LogP contribution in [-0.4, -0.2) is 7.05 Å². The summed E-state index contributed by atoms with van der Waals surface area (Å²) in [6.45, 7) is 1.63. The standard InChI is InChI=1S/C13H12BrF2NS/c1-7-3-8(12(16)4-11(7)15)13(17-2)9-5-18-6-10(9)14/h3-6,13,17H,1-2H3. The summed E-state index contributed by atoms with van der Waals surface area (Å²) < 4.78 is 28.1. The molecule has 96 valence electrons. The predicted molar refractivity (Wildman–Crippen MR) is 74.0 cm³/mol. The summed E-state index contributed by atoms with van der Waals surface area (Å²) in [5.41, 5.74) is 1.85. The molecule has 0 aliphatic rings. The minimum atomic E-state index is -0.532. The Balaban J connectivity index is 2.52. The normalized spacial score (nSPS) is 12.7. The van der Waals surface area contributed by atoms with Gasteiger partial charge < -0.3 is 5.32 Å². The van der Waals surface area contributed by atoms with Crippen molar-refractivity contribution in [2.45, 2.75) is 13.0 Å². The summed E-state index contributed by atoms with van der Waals surface area (Å²) in [4.78, 5) is 0. The third kappa shape index (κ3) is 2.48. The number of rotatable bonds is 3. The smallest absolute Gasteiger partial charge is 0.131 e. The molecule has 2 rings (SSSR count). The Hall–Kier alpha value is -0.780. The van der Waals surface area contributed by atoms with E-state index in [1.807, 2.05) is 10.8 Å². The molecule has 1 nitrogen and oxygen atoms in total. The van der Waals surface area contributed by atoms with Crippen LogP contribution in [-0.2, 0) is 0 Å². The summed E-state index contributed by atoms with van der Waals surface area (Å²) in [6.07, 6.45) is 0. The quantitative estimate of drug-likeness (QED) is 0.878. The molecule has 0 radical (unpaired) electrons. The van der Waals surface area contributed by atoms with Gasteiger partial charge in [0.15, 0.2) is 0 Å². The first-order chi connectivity index (χ1) is 8.54. The molecule has 18 heavy (non-hydrogen) atoms. The maximum atomic E-state index is 13.9. The Morgan fingerprint density at radius 2 is 1.89 bits per heavy atom. The molecule has 0 saturated heterocycles. The van der Waals surface area contributed by atoms with E-state index in [0.717, 1.165) is 16.1 Å². The molecular formula is C13H12BrF2NS. The third-order valence-electron chi connectivity index (χ3n) is 2.83. The van der Waals surface area contributed by atoms with Crippen LogP contribution in [0.25, 0.3) is 0 Å². The lowest BCUT2D eigenvalue weighted by Gasteiger charge is -2.18. The van der Waals surface area contributed by atoms with E-state index in [-0.39, 0.29) is 6.04 Å². The average Bonchev–Trinajstić information content (AvgIpc) is 2.73. The molecule has 0 fully saturated rings. The van der Waals surface area contributed by atoms with E-state index in [1.165, 1.54) is 11.3 Å². The van der Waals surface area contributed by atoms with E-state index in [0.29, 0.717) is 11.1 Å². The first kappa shape index (κ1) is 13.6. The summed E-state index contributed by atoms with van der Waals surface area (Å²) in [7, 11) is 1.76. The van der Waals surface area contributed by atoms with E-state index >= 15 is 0 Å². The molecule has 5 heteroatoms. The summed E-state index contributed by atoms with van der Waals surface area (Å²) in [5, 5.41) is 6.95. The number of aryl methyl sites for hydroxylation is 1. The maximum Gasteiger partial charge on any atom is 0.131 e. The SMILES string of the molecule is CNC(c1cc(C)c(F)cc1F)c1cscc1Br. The van der Waals surface area contributed by atoms with Crippen LogP contribution in [0.4, 0.5) is 8.78 Å². The van der Waals surface area contributed by atoms with E-state index in [1.54, 1.807) is 20.0 Å². The Labute approximate surface area is 117 Å². The summed E-state index contributed by atoms with van der Waals surface area (Å²) in [5.74, 6) is -1.05.